The predicted octanol–water partition coefficient (Wildman–Crippen LogP) is 0.197. The first-order valence-electron chi connectivity index (χ1n) is 2.45. The Labute approximate surface area is 61.7 Å². The van der Waals surface area contributed by atoms with Crippen LogP contribution >= 0.6 is 19.6 Å². The molecule has 1 atom stereocenters. The zero-order chi connectivity index (χ0) is 7.61. The standard InChI is InChI=1S/C3H6NO4PS/c5-9(6,7)8-3-1-4-2-10-3/h2-3H,1H2,(H2,5,6,7). The van der Waals surface area contributed by atoms with Crippen LogP contribution in [0, 0.1) is 0 Å². The van der Waals surface area contributed by atoms with Gasteiger partial charge in [0.15, 0.2) is 0 Å². The molecule has 5 nitrogen and oxygen atoms in total. The van der Waals surface area contributed by atoms with Gasteiger partial charge in [0.25, 0.3) is 0 Å². The summed E-state index contributed by atoms with van der Waals surface area (Å²) in [5.74, 6) is 0. The van der Waals surface area contributed by atoms with E-state index < -0.39 is 13.3 Å². The highest BCUT2D eigenvalue weighted by atomic mass is 32.2. The molecule has 0 fully saturated rings. The van der Waals surface area contributed by atoms with E-state index in [1.807, 2.05) is 0 Å². The Morgan fingerprint density at radius 2 is 2.50 bits per heavy atom. The van der Waals surface area contributed by atoms with Crippen LogP contribution in [0.4, 0.5) is 0 Å². The van der Waals surface area contributed by atoms with Gasteiger partial charge in [-0.1, -0.05) is 11.8 Å². The van der Waals surface area contributed by atoms with Crippen LogP contribution in [0.15, 0.2) is 4.99 Å². The Morgan fingerprint density at radius 1 is 1.80 bits per heavy atom. The Hall–Kier alpha value is 0.130. The summed E-state index contributed by atoms with van der Waals surface area (Å²) in [6.45, 7) is 0.315. The van der Waals surface area contributed by atoms with Gasteiger partial charge in [0.1, 0.15) is 5.44 Å². The SMILES string of the molecule is O=P(O)(O)OC1CN=CS1. The van der Waals surface area contributed by atoms with Gasteiger partial charge in [0, 0.05) is 0 Å². The number of aliphatic imine (C=N–C) groups is 1. The fourth-order valence-electron chi connectivity index (χ4n) is 0.494. The summed E-state index contributed by atoms with van der Waals surface area (Å²) in [5.41, 5.74) is 1.00. The molecule has 1 heterocycles. The molecule has 0 saturated carbocycles. The van der Waals surface area contributed by atoms with Crippen LogP contribution in [0.3, 0.4) is 0 Å². The molecular weight excluding hydrogens is 177 g/mol. The van der Waals surface area contributed by atoms with Crippen molar-refractivity contribution in [1.29, 1.82) is 0 Å². The smallest absolute Gasteiger partial charge is 0.303 e. The number of phosphoric acid groups is 1. The number of thioether (sulfide) groups is 1. The highest BCUT2D eigenvalue weighted by Crippen LogP contribution is 2.40. The van der Waals surface area contributed by atoms with Gasteiger partial charge in [-0.05, 0) is 0 Å². The molecule has 0 spiro atoms. The third-order valence-electron chi connectivity index (χ3n) is 0.797. The van der Waals surface area contributed by atoms with E-state index in [-0.39, 0.29) is 0 Å². The zero-order valence-corrected chi connectivity index (χ0v) is 6.59. The first-order valence-corrected chi connectivity index (χ1v) is 4.93. The molecule has 1 rings (SSSR count). The van der Waals surface area contributed by atoms with E-state index >= 15 is 0 Å². The molecule has 58 valence electrons. The third kappa shape index (κ3) is 2.81. The lowest BCUT2D eigenvalue weighted by atomic mass is 10.7. The molecule has 0 aromatic heterocycles. The number of hydrogen-bond donors (Lipinski definition) is 2. The fraction of sp³-hybridized carbons (Fsp3) is 0.667. The van der Waals surface area contributed by atoms with Gasteiger partial charge in [-0.25, -0.2) is 4.57 Å². The van der Waals surface area contributed by atoms with Crippen LogP contribution in [-0.2, 0) is 9.09 Å². The monoisotopic (exact) mass is 183 g/mol. The topological polar surface area (TPSA) is 79.1 Å². The molecular formula is C3H6NO4PS. The van der Waals surface area contributed by atoms with Crippen molar-refractivity contribution in [3.8, 4) is 0 Å². The number of rotatable bonds is 2. The Morgan fingerprint density at radius 3 is 2.90 bits per heavy atom. The van der Waals surface area contributed by atoms with Gasteiger partial charge < -0.3 is 9.79 Å². The van der Waals surface area contributed by atoms with Crippen LogP contribution < -0.4 is 0 Å². The van der Waals surface area contributed by atoms with Crippen molar-refractivity contribution in [2.75, 3.05) is 6.54 Å². The maximum atomic E-state index is 10.2. The van der Waals surface area contributed by atoms with Crippen molar-refractivity contribution in [3.05, 3.63) is 0 Å². The molecule has 0 amide bonds. The van der Waals surface area contributed by atoms with E-state index in [9.17, 15) is 4.57 Å². The lowest BCUT2D eigenvalue weighted by Gasteiger charge is -2.08. The molecule has 0 saturated heterocycles. The molecule has 0 bridgehead atoms. The molecule has 1 aliphatic rings. The summed E-state index contributed by atoms with van der Waals surface area (Å²) in [4.78, 5) is 20.3. The second-order valence-electron chi connectivity index (χ2n) is 1.63. The Balaban J connectivity index is 2.33. The maximum absolute atomic E-state index is 10.2. The summed E-state index contributed by atoms with van der Waals surface area (Å²) in [7, 11) is -4.32. The van der Waals surface area contributed by atoms with Crippen molar-refractivity contribution in [2.24, 2.45) is 4.99 Å². The van der Waals surface area contributed by atoms with Gasteiger partial charge in [-0.2, -0.15) is 0 Å². The predicted molar refractivity (Wildman–Crippen MR) is 37.9 cm³/mol. The molecule has 0 aromatic rings. The largest absolute Gasteiger partial charge is 0.470 e. The second kappa shape index (κ2) is 3.02. The highest BCUT2D eigenvalue weighted by Gasteiger charge is 2.23. The van der Waals surface area contributed by atoms with Crippen molar-refractivity contribution < 1.29 is 18.9 Å². The first kappa shape index (κ1) is 8.23. The van der Waals surface area contributed by atoms with Crippen molar-refractivity contribution in [3.63, 3.8) is 0 Å². The van der Waals surface area contributed by atoms with Crippen LogP contribution in [0.5, 0.6) is 0 Å². The fourth-order valence-corrected chi connectivity index (χ4v) is 1.88. The van der Waals surface area contributed by atoms with Crippen LogP contribution in [0.2, 0.25) is 0 Å². The summed E-state index contributed by atoms with van der Waals surface area (Å²) in [6, 6.07) is 0. The molecule has 0 radical (unpaired) electrons. The number of phosphoric ester groups is 1. The molecule has 10 heavy (non-hydrogen) atoms. The second-order valence-corrected chi connectivity index (χ2v) is 3.83. The maximum Gasteiger partial charge on any atom is 0.470 e. The molecule has 0 aliphatic carbocycles. The normalized spacial score (nSPS) is 25.6. The van der Waals surface area contributed by atoms with Gasteiger partial charge in [0.2, 0.25) is 0 Å². The summed E-state index contributed by atoms with van der Waals surface area (Å²) < 4.78 is 14.5. The van der Waals surface area contributed by atoms with Crippen molar-refractivity contribution in [1.82, 2.24) is 0 Å². The number of nitrogens with zero attached hydrogens (tertiary/aromatic N) is 1. The summed E-state index contributed by atoms with van der Waals surface area (Å²) >= 11 is 1.16. The van der Waals surface area contributed by atoms with Gasteiger partial charge in [0.05, 0.1) is 12.1 Å². The van der Waals surface area contributed by atoms with E-state index in [2.05, 4.69) is 9.52 Å². The third-order valence-corrected chi connectivity index (χ3v) is 2.29. The summed E-state index contributed by atoms with van der Waals surface area (Å²) in [5, 5.41) is 0. The average Bonchev–Trinajstić information content (AvgIpc) is 2.12. The van der Waals surface area contributed by atoms with Crippen LogP contribution in [0.1, 0.15) is 0 Å². The van der Waals surface area contributed by atoms with Crippen molar-refractivity contribution in [2.45, 2.75) is 5.44 Å². The molecule has 2 N–H and O–H groups in total. The average molecular weight is 183 g/mol. The van der Waals surface area contributed by atoms with E-state index in [1.54, 1.807) is 0 Å². The Bertz CT molecular complexity index is 181. The van der Waals surface area contributed by atoms with E-state index in [0.29, 0.717) is 6.54 Å². The molecule has 1 aliphatic heterocycles. The lowest BCUT2D eigenvalue weighted by Crippen LogP contribution is -2.05. The van der Waals surface area contributed by atoms with Gasteiger partial charge in [-0.3, -0.25) is 9.52 Å². The lowest BCUT2D eigenvalue weighted by molar-refractivity contribution is 0.187. The zero-order valence-electron chi connectivity index (χ0n) is 4.88. The van der Waals surface area contributed by atoms with E-state index in [4.69, 9.17) is 9.79 Å². The number of hydrogen-bond acceptors (Lipinski definition) is 4. The molecule has 0 aromatic carbocycles. The quantitative estimate of drug-likeness (QED) is 0.597. The minimum Gasteiger partial charge on any atom is -0.303 e. The van der Waals surface area contributed by atoms with Crippen LogP contribution in [-0.4, -0.2) is 27.3 Å². The minimum absolute atomic E-state index is 0.315. The minimum atomic E-state index is -4.32. The van der Waals surface area contributed by atoms with E-state index in [1.165, 1.54) is 5.55 Å². The summed E-state index contributed by atoms with van der Waals surface area (Å²) in [6.07, 6.45) is 0. The van der Waals surface area contributed by atoms with E-state index in [0.717, 1.165) is 11.8 Å². The van der Waals surface area contributed by atoms with Crippen molar-refractivity contribution >= 4 is 25.1 Å². The highest BCUT2D eigenvalue weighted by molar-refractivity contribution is 8.12. The van der Waals surface area contributed by atoms with Gasteiger partial charge >= 0.3 is 7.82 Å². The van der Waals surface area contributed by atoms with Crippen LogP contribution in [0.25, 0.3) is 0 Å². The first-order chi connectivity index (χ1) is 4.58. The molecule has 7 heteroatoms. The molecule has 1 unspecified atom stereocenters. The Kier molecular flexibility index (Phi) is 2.49. The van der Waals surface area contributed by atoms with Gasteiger partial charge in [-0.15, -0.1) is 0 Å².